The number of fused-ring (bicyclic) bond motifs is 9. The van der Waals surface area contributed by atoms with Gasteiger partial charge >= 0.3 is 20.1 Å². The summed E-state index contributed by atoms with van der Waals surface area (Å²) in [4.78, 5) is 14.5. The summed E-state index contributed by atoms with van der Waals surface area (Å²) in [6, 6.07) is 96.3. The quantitative estimate of drug-likeness (QED) is 0.0667. The Kier molecular flexibility index (Phi) is 27.9. The number of furan rings is 3. The Bertz CT molecular complexity index is 6330. The molecule has 0 radical (unpaired) electrons. The van der Waals surface area contributed by atoms with Crippen molar-refractivity contribution in [3.05, 3.63) is 340 Å². The van der Waals surface area contributed by atoms with Crippen LogP contribution in [0.4, 0.5) is 0 Å². The zero-order chi connectivity index (χ0) is 91.2. The number of rotatable bonds is 21. The Morgan fingerprint density at radius 3 is 0.554 bits per heavy atom. The van der Waals surface area contributed by atoms with Crippen LogP contribution in [0, 0.1) is 18.2 Å². The first-order valence-electron chi connectivity index (χ1n) is 47.2. The van der Waals surface area contributed by atoms with Crippen molar-refractivity contribution in [2.24, 2.45) is 0 Å². The first-order valence-corrected chi connectivity index (χ1v) is 47.2. The summed E-state index contributed by atoms with van der Waals surface area (Å²) in [5, 5.41) is 6.62. The van der Waals surface area contributed by atoms with E-state index in [0.29, 0.717) is 71.0 Å². The van der Waals surface area contributed by atoms with Gasteiger partial charge in [-0.3, -0.25) is 0 Å². The SMILES string of the molecule is CC(C)c1cccc(C(C)C)c1-c1ccnc(-c2[c-]ccc3c2oc2cc(-c4c(C(C)C)cccc4C(C)C)ccc23)c1.CC(C)c1cccc(C(C)C)c1-c1ccnc(-c2[c-]ccc3c2oc2cc(-c4c(C(C)C)cccc4C(C)C)ccc23)c1.CC(C)c1cccc(C(C)C)c1-c1ccnc(-c2[c-]ccc3c2oc2cc(-c4c(C(C)C)cccc4C(C)C)ccc23)c1.[Ir+3]. The molecule has 18 rings (SSSR count). The second-order valence-corrected chi connectivity index (χ2v) is 39.2. The van der Waals surface area contributed by atoms with Gasteiger partial charge in [-0.25, -0.2) is 0 Å². The largest absolute Gasteiger partial charge is 3.00 e. The Labute approximate surface area is 786 Å². The molecule has 0 unspecified atom stereocenters. The van der Waals surface area contributed by atoms with Crippen molar-refractivity contribution in [1.82, 2.24) is 15.0 Å². The summed E-state index contributed by atoms with van der Waals surface area (Å²) in [7, 11) is 0. The van der Waals surface area contributed by atoms with Gasteiger partial charge in [-0.05, 0) is 258 Å². The zero-order valence-corrected chi connectivity index (χ0v) is 83.0. The minimum Gasteiger partial charge on any atom is -0.501 e. The minimum absolute atomic E-state index is 0. The molecule has 6 nitrogen and oxygen atoms in total. The second-order valence-electron chi connectivity index (χ2n) is 39.2. The monoisotopic (exact) mass is 1890 g/mol. The molecule has 12 aromatic carbocycles. The van der Waals surface area contributed by atoms with E-state index in [1.54, 1.807) is 0 Å². The third kappa shape index (κ3) is 18.2. The fourth-order valence-electron chi connectivity index (χ4n) is 19.7. The summed E-state index contributed by atoms with van der Waals surface area (Å²) in [6.07, 6.45) is 5.78. The molecule has 0 saturated carbocycles. The molecule has 0 fully saturated rings. The normalized spacial score (nSPS) is 12.0. The number of hydrogen-bond acceptors (Lipinski definition) is 6. The van der Waals surface area contributed by atoms with Gasteiger partial charge in [0.25, 0.3) is 0 Å². The Balaban J connectivity index is 0.000000149. The van der Waals surface area contributed by atoms with Crippen LogP contribution < -0.4 is 0 Å². The summed E-state index contributed by atoms with van der Waals surface area (Å²) in [5.74, 6) is 5.08. The molecule has 18 aromatic rings. The molecule has 6 aromatic heterocycles. The predicted molar refractivity (Wildman–Crippen MR) is 549 cm³/mol. The molecule has 0 saturated heterocycles. The number of hydrogen-bond donors (Lipinski definition) is 0. The molecule has 0 spiro atoms. The van der Waals surface area contributed by atoms with Gasteiger partial charge in [-0.2, -0.15) is 0 Å². The molecule has 0 aliphatic carbocycles. The zero-order valence-electron chi connectivity index (χ0n) is 80.6. The van der Waals surface area contributed by atoms with Crippen molar-refractivity contribution < 1.29 is 33.4 Å². The summed E-state index contributed by atoms with van der Waals surface area (Å²) < 4.78 is 20.1. The van der Waals surface area contributed by atoms with E-state index in [0.717, 1.165) is 99.6 Å². The predicted octanol–water partition coefficient (Wildman–Crippen LogP) is 36.8. The topological polar surface area (TPSA) is 78.1 Å². The summed E-state index contributed by atoms with van der Waals surface area (Å²) in [5.41, 5.74) is 42.1. The Morgan fingerprint density at radius 1 is 0.200 bits per heavy atom. The van der Waals surface area contributed by atoms with Gasteiger partial charge in [-0.15, -0.1) is 54.6 Å². The van der Waals surface area contributed by atoms with Gasteiger partial charge in [0.2, 0.25) is 0 Å². The van der Waals surface area contributed by atoms with Crippen LogP contribution in [-0.2, 0) is 20.1 Å². The van der Waals surface area contributed by atoms with Crippen LogP contribution in [0.1, 0.15) is 304 Å². The van der Waals surface area contributed by atoms with E-state index in [1.165, 1.54) is 134 Å². The van der Waals surface area contributed by atoms with Gasteiger partial charge in [0, 0.05) is 34.7 Å². The number of nitrogens with zero attached hydrogens (tertiary/aromatic N) is 3. The van der Waals surface area contributed by atoms with Crippen molar-refractivity contribution in [1.29, 1.82) is 0 Å². The molecule has 0 aliphatic rings. The van der Waals surface area contributed by atoms with Crippen molar-refractivity contribution >= 4 is 65.8 Å². The smallest absolute Gasteiger partial charge is 0.501 e. The van der Waals surface area contributed by atoms with Crippen molar-refractivity contribution in [2.75, 3.05) is 0 Å². The van der Waals surface area contributed by atoms with E-state index in [-0.39, 0.29) is 20.1 Å². The third-order valence-corrected chi connectivity index (χ3v) is 26.3. The van der Waals surface area contributed by atoms with Crippen LogP contribution in [0.15, 0.2) is 268 Å². The maximum absolute atomic E-state index is 6.70. The van der Waals surface area contributed by atoms with Crippen LogP contribution in [-0.4, -0.2) is 15.0 Å². The van der Waals surface area contributed by atoms with Gasteiger partial charge in [0.05, 0.1) is 16.7 Å². The average molecular weight is 1890 g/mol. The average Bonchev–Trinajstić information content (AvgIpc) is 1.61. The number of pyridine rings is 3. The molecule has 0 bridgehead atoms. The molecule has 6 heterocycles. The van der Waals surface area contributed by atoms with E-state index in [4.69, 9.17) is 28.2 Å². The van der Waals surface area contributed by atoms with Gasteiger partial charge in [-0.1, -0.05) is 363 Å². The number of benzene rings is 12. The van der Waals surface area contributed by atoms with Crippen LogP contribution in [0.3, 0.4) is 0 Å². The first kappa shape index (κ1) is 92.8. The van der Waals surface area contributed by atoms with E-state index < -0.39 is 0 Å². The maximum Gasteiger partial charge on any atom is 3.00 e. The maximum atomic E-state index is 6.70. The van der Waals surface area contributed by atoms with E-state index >= 15 is 0 Å². The molecule has 0 aliphatic heterocycles. The molecule has 660 valence electrons. The van der Waals surface area contributed by atoms with E-state index in [1.807, 2.05) is 36.8 Å². The fraction of sp³-hybridized carbons (Fsp3) is 0.293. The Morgan fingerprint density at radius 2 is 0.377 bits per heavy atom. The second kappa shape index (κ2) is 39.1. The molecular formula is C123H126IrN3O3. The Hall–Kier alpha value is -11.9. The molecule has 130 heavy (non-hydrogen) atoms. The number of aromatic nitrogens is 3. The van der Waals surface area contributed by atoms with Crippen LogP contribution in [0.5, 0.6) is 0 Å². The van der Waals surface area contributed by atoms with Gasteiger partial charge in [0.15, 0.2) is 0 Å². The fourth-order valence-corrected chi connectivity index (χ4v) is 19.7. The van der Waals surface area contributed by atoms with E-state index in [9.17, 15) is 0 Å². The van der Waals surface area contributed by atoms with Crippen molar-refractivity contribution in [3.8, 4) is 101 Å². The molecule has 0 N–H and O–H groups in total. The van der Waals surface area contributed by atoms with E-state index in [2.05, 4.69) is 403 Å². The van der Waals surface area contributed by atoms with Crippen molar-refractivity contribution in [3.63, 3.8) is 0 Å². The summed E-state index contributed by atoms with van der Waals surface area (Å²) >= 11 is 0. The van der Waals surface area contributed by atoms with Gasteiger partial charge < -0.3 is 28.2 Å². The van der Waals surface area contributed by atoms with Crippen LogP contribution in [0.2, 0.25) is 0 Å². The van der Waals surface area contributed by atoms with Crippen LogP contribution >= 0.6 is 0 Å². The van der Waals surface area contributed by atoms with Crippen molar-refractivity contribution in [2.45, 2.75) is 237 Å². The van der Waals surface area contributed by atoms with Crippen LogP contribution in [0.25, 0.3) is 166 Å². The standard InChI is InChI=1S/3C41H42NO.Ir/c3*1-24(2)30-12-9-13-31(25(3)4)39(30)28-18-19-34-35-16-11-17-36(41(35)43-38(34)23-28)37-22-29(20-21-42-37)40-32(26(5)6)14-10-15-33(40)27(7)8;/h3*9-16,18-27H,1-8H3;/q3*-1;+3. The molecule has 0 amide bonds. The third-order valence-electron chi connectivity index (χ3n) is 26.3. The minimum atomic E-state index is 0. The molecule has 0 atom stereocenters. The molecule has 7 heteroatoms. The van der Waals surface area contributed by atoms with Gasteiger partial charge in [0.1, 0.15) is 16.7 Å². The first-order chi connectivity index (χ1) is 62.0. The summed E-state index contributed by atoms with van der Waals surface area (Å²) in [6.45, 7) is 54.5. The molecular weight excluding hydrogens is 1760 g/mol.